The van der Waals surface area contributed by atoms with Gasteiger partial charge in [0, 0.05) is 13.1 Å². The number of nitrogens with zero attached hydrogens (tertiary/aromatic N) is 2. The molecule has 0 aliphatic carbocycles. The first-order valence-electron chi connectivity index (χ1n) is 8.58. The van der Waals surface area contributed by atoms with Crippen LogP contribution >= 0.6 is 0 Å². The van der Waals surface area contributed by atoms with E-state index in [2.05, 4.69) is 17.0 Å². The summed E-state index contributed by atoms with van der Waals surface area (Å²) in [6, 6.07) is 8.14. The highest BCUT2D eigenvalue weighted by Gasteiger charge is 2.45. The Balaban J connectivity index is 1.76. The molecule has 0 spiro atoms. The number of benzene rings is 1. The molecule has 1 saturated heterocycles. The molecule has 0 bridgehead atoms. The fourth-order valence-electron chi connectivity index (χ4n) is 3.54. The van der Waals surface area contributed by atoms with E-state index in [9.17, 15) is 5.21 Å². The van der Waals surface area contributed by atoms with Crippen LogP contribution in [0.4, 0.5) is 5.69 Å². The van der Waals surface area contributed by atoms with Gasteiger partial charge in [0.2, 0.25) is 0 Å². The molecule has 0 radical (unpaired) electrons. The van der Waals surface area contributed by atoms with Gasteiger partial charge in [-0.1, -0.05) is 18.2 Å². The molecule has 0 unspecified atom stereocenters. The summed E-state index contributed by atoms with van der Waals surface area (Å²) in [5.74, 6) is 0.880. The summed E-state index contributed by atoms with van der Waals surface area (Å²) in [6.07, 6.45) is 2.10. The molecule has 2 aliphatic heterocycles. The zero-order valence-corrected chi connectivity index (χ0v) is 15.1. The van der Waals surface area contributed by atoms with Gasteiger partial charge in [-0.2, -0.15) is 5.06 Å². The Morgan fingerprint density at radius 2 is 1.79 bits per heavy atom. The lowest BCUT2D eigenvalue weighted by Crippen LogP contribution is -2.48. The molecule has 0 saturated carbocycles. The summed E-state index contributed by atoms with van der Waals surface area (Å²) in [4.78, 5) is 2.30. The van der Waals surface area contributed by atoms with Gasteiger partial charge in [-0.15, -0.1) is 0 Å². The minimum absolute atomic E-state index is 0.383. The maximum Gasteiger partial charge on any atom is 0.143 e. The maximum absolute atomic E-state index is 10.4. The minimum atomic E-state index is -0.433. The van der Waals surface area contributed by atoms with Crippen molar-refractivity contribution >= 4 is 5.69 Å². The van der Waals surface area contributed by atoms with Crippen molar-refractivity contribution in [2.24, 2.45) is 0 Å². The minimum Gasteiger partial charge on any atom is -0.487 e. The fraction of sp³-hybridized carbons (Fsp3) is 0.579. The first kappa shape index (κ1) is 17.3. The van der Waals surface area contributed by atoms with Crippen molar-refractivity contribution in [1.82, 2.24) is 5.06 Å². The summed E-state index contributed by atoms with van der Waals surface area (Å²) in [5.41, 5.74) is 1.38. The number of hydrogen-bond donors (Lipinski definition) is 1. The van der Waals surface area contributed by atoms with Crippen molar-refractivity contribution in [3.05, 3.63) is 35.9 Å². The van der Waals surface area contributed by atoms with Crippen LogP contribution in [0.3, 0.4) is 0 Å². The Bertz CT molecular complexity index is 619. The van der Waals surface area contributed by atoms with Crippen LogP contribution in [0, 0.1) is 0 Å². The standard InChI is InChI=1S/C19H28N2O3/c1-18(2)13-15(19(3,4)21(18)22)14-24-17-8-6-5-7-16(17)20-9-11-23-12-10-20/h5-8,13,22H,9-12,14H2,1-4H3. The van der Waals surface area contributed by atoms with Gasteiger partial charge in [0.05, 0.1) is 30.0 Å². The average molecular weight is 332 g/mol. The van der Waals surface area contributed by atoms with Gasteiger partial charge in [-0.05, 0) is 45.4 Å². The van der Waals surface area contributed by atoms with Gasteiger partial charge in [-0.25, -0.2) is 0 Å². The van der Waals surface area contributed by atoms with E-state index in [-0.39, 0.29) is 5.54 Å². The molecular formula is C19H28N2O3. The number of anilines is 1. The van der Waals surface area contributed by atoms with Crippen LogP contribution in [0.2, 0.25) is 0 Å². The normalized spacial score (nSPS) is 23.2. The lowest BCUT2D eigenvalue weighted by molar-refractivity contribution is -0.185. The Labute approximate surface area is 144 Å². The number of hydroxylamine groups is 2. The van der Waals surface area contributed by atoms with Gasteiger partial charge >= 0.3 is 0 Å². The molecule has 1 fully saturated rings. The van der Waals surface area contributed by atoms with Crippen LogP contribution in [0.25, 0.3) is 0 Å². The average Bonchev–Trinajstić information content (AvgIpc) is 2.73. The quantitative estimate of drug-likeness (QED) is 0.859. The highest BCUT2D eigenvalue weighted by atomic mass is 16.5. The van der Waals surface area contributed by atoms with Crippen molar-refractivity contribution in [3.8, 4) is 5.75 Å². The van der Waals surface area contributed by atoms with E-state index in [0.29, 0.717) is 6.61 Å². The van der Waals surface area contributed by atoms with E-state index in [0.717, 1.165) is 43.3 Å². The van der Waals surface area contributed by atoms with Gasteiger partial charge in [0.25, 0.3) is 0 Å². The Hall–Kier alpha value is -1.56. The maximum atomic E-state index is 10.4. The molecule has 1 aromatic rings. The number of para-hydroxylation sites is 2. The van der Waals surface area contributed by atoms with Crippen molar-refractivity contribution in [1.29, 1.82) is 0 Å². The Kier molecular flexibility index (Phi) is 4.60. The number of ether oxygens (including phenoxy) is 2. The smallest absolute Gasteiger partial charge is 0.143 e. The fourth-order valence-corrected chi connectivity index (χ4v) is 3.54. The SMILES string of the molecule is CC1(C)C=C(COc2ccccc2N2CCOCC2)C(C)(C)N1O. The largest absolute Gasteiger partial charge is 0.487 e. The molecule has 0 aromatic heterocycles. The highest BCUT2D eigenvalue weighted by Crippen LogP contribution is 2.39. The van der Waals surface area contributed by atoms with Gasteiger partial charge in [0.15, 0.2) is 0 Å². The first-order valence-corrected chi connectivity index (χ1v) is 8.58. The van der Waals surface area contributed by atoms with E-state index in [1.165, 1.54) is 5.06 Å². The third-order valence-corrected chi connectivity index (χ3v) is 4.99. The molecule has 3 rings (SSSR count). The lowest BCUT2D eigenvalue weighted by Gasteiger charge is -2.36. The van der Waals surface area contributed by atoms with Crippen molar-refractivity contribution in [2.45, 2.75) is 38.8 Å². The topological polar surface area (TPSA) is 45.2 Å². The van der Waals surface area contributed by atoms with E-state index in [1.54, 1.807) is 0 Å². The van der Waals surface area contributed by atoms with Crippen molar-refractivity contribution in [3.63, 3.8) is 0 Å². The van der Waals surface area contributed by atoms with Crippen LogP contribution in [0.15, 0.2) is 35.9 Å². The third kappa shape index (κ3) is 3.16. The van der Waals surface area contributed by atoms with Gasteiger partial charge in [0.1, 0.15) is 12.4 Å². The summed E-state index contributed by atoms with van der Waals surface area (Å²) in [5, 5.41) is 11.8. The summed E-state index contributed by atoms with van der Waals surface area (Å²) >= 11 is 0. The molecule has 0 amide bonds. The van der Waals surface area contributed by atoms with E-state index in [1.807, 2.05) is 45.9 Å². The van der Waals surface area contributed by atoms with Crippen LogP contribution in [-0.2, 0) is 4.74 Å². The third-order valence-electron chi connectivity index (χ3n) is 4.99. The predicted octanol–water partition coefficient (Wildman–Crippen LogP) is 3.09. The zero-order chi connectivity index (χ0) is 17.4. The first-order chi connectivity index (χ1) is 11.3. The molecule has 2 aliphatic rings. The van der Waals surface area contributed by atoms with Gasteiger partial charge in [-0.3, -0.25) is 0 Å². The molecule has 24 heavy (non-hydrogen) atoms. The van der Waals surface area contributed by atoms with Gasteiger partial charge < -0.3 is 19.6 Å². The number of hydrogen-bond acceptors (Lipinski definition) is 5. The zero-order valence-electron chi connectivity index (χ0n) is 15.1. The molecular weight excluding hydrogens is 304 g/mol. The number of morpholine rings is 1. The lowest BCUT2D eigenvalue weighted by atomic mass is 9.97. The van der Waals surface area contributed by atoms with Crippen LogP contribution < -0.4 is 9.64 Å². The molecule has 5 nitrogen and oxygen atoms in total. The second-order valence-electron chi connectivity index (χ2n) is 7.55. The Morgan fingerprint density at radius 1 is 1.12 bits per heavy atom. The van der Waals surface area contributed by atoms with Crippen molar-refractivity contribution in [2.75, 3.05) is 37.8 Å². The van der Waals surface area contributed by atoms with E-state index >= 15 is 0 Å². The second-order valence-corrected chi connectivity index (χ2v) is 7.55. The molecule has 1 aromatic carbocycles. The van der Waals surface area contributed by atoms with Crippen LogP contribution in [0.5, 0.6) is 5.75 Å². The van der Waals surface area contributed by atoms with Crippen LogP contribution in [0.1, 0.15) is 27.7 Å². The second kappa shape index (κ2) is 6.39. The monoisotopic (exact) mass is 332 g/mol. The van der Waals surface area contributed by atoms with Crippen LogP contribution in [-0.4, -0.2) is 54.3 Å². The molecule has 1 N–H and O–H groups in total. The predicted molar refractivity (Wildman–Crippen MR) is 94.8 cm³/mol. The molecule has 5 heteroatoms. The molecule has 0 atom stereocenters. The van der Waals surface area contributed by atoms with E-state index in [4.69, 9.17) is 9.47 Å². The summed E-state index contributed by atoms with van der Waals surface area (Å²) in [7, 11) is 0. The number of rotatable bonds is 4. The molecule has 132 valence electrons. The van der Waals surface area contributed by atoms with E-state index < -0.39 is 5.54 Å². The summed E-state index contributed by atoms with van der Waals surface area (Å²) in [6.45, 7) is 11.8. The highest BCUT2D eigenvalue weighted by molar-refractivity contribution is 5.58. The Morgan fingerprint density at radius 3 is 2.42 bits per heavy atom. The van der Waals surface area contributed by atoms with Crippen molar-refractivity contribution < 1.29 is 14.7 Å². The summed E-state index contributed by atoms with van der Waals surface area (Å²) < 4.78 is 11.6. The molecule has 2 heterocycles.